The van der Waals surface area contributed by atoms with E-state index >= 15 is 0 Å². The molecule has 0 spiro atoms. The number of carbonyl (C=O) groups excluding carboxylic acids is 1. The fourth-order valence-electron chi connectivity index (χ4n) is 4.20. The van der Waals surface area contributed by atoms with Gasteiger partial charge in [0, 0.05) is 30.0 Å². The van der Waals surface area contributed by atoms with Crippen LogP contribution in [0.15, 0.2) is 24.7 Å². The van der Waals surface area contributed by atoms with Crippen molar-refractivity contribution in [2.24, 2.45) is 0 Å². The van der Waals surface area contributed by atoms with Crippen LogP contribution in [0, 0.1) is 5.82 Å². The normalized spacial score (nSPS) is 21.8. The van der Waals surface area contributed by atoms with E-state index in [1.54, 1.807) is 16.8 Å². The van der Waals surface area contributed by atoms with Gasteiger partial charge in [-0.15, -0.1) is 0 Å². The Bertz CT molecular complexity index is 1090. The van der Waals surface area contributed by atoms with Gasteiger partial charge >= 0.3 is 0 Å². The molecule has 8 heteroatoms. The van der Waals surface area contributed by atoms with Gasteiger partial charge in [-0.3, -0.25) is 9.78 Å². The third kappa shape index (κ3) is 2.63. The van der Waals surface area contributed by atoms with Crippen LogP contribution in [0.25, 0.3) is 5.65 Å². The van der Waals surface area contributed by atoms with Crippen molar-refractivity contribution in [1.29, 1.82) is 0 Å². The maximum atomic E-state index is 14.0. The highest BCUT2D eigenvalue weighted by Gasteiger charge is 2.30. The largest absolute Gasteiger partial charge is 0.349 e. The standard InChI is InChI=1S/C20H21FN6O/c1-11-3-4-17-15(7-14(21)8-22-17)12(2)26-6-5-13-10-27-19(25-18(13)26)16(9-23-27)20(28)24-11/h7-12H,3-6H2,1-2H3,(H,24,28). The van der Waals surface area contributed by atoms with E-state index in [1.165, 1.54) is 6.20 Å². The minimum atomic E-state index is -0.336. The molecule has 0 saturated carbocycles. The number of nitrogens with one attached hydrogen (secondary N) is 1. The summed E-state index contributed by atoms with van der Waals surface area (Å²) in [5, 5.41) is 7.34. The summed E-state index contributed by atoms with van der Waals surface area (Å²) in [6.45, 7) is 4.80. The highest BCUT2D eigenvalue weighted by atomic mass is 19.1. The van der Waals surface area contributed by atoms with E-state index in [2.05, 4.69) is 27.2 Å². The molecule has 0 aliphatic carbocycles. The summed E-state index contributed by atoms with van der Waals surface area (Å²) in [6, 6.07) is 1.46. The molecule has 3 aromatic rings. The van der Waals surface area contributed by atoms with Crippen LogP contribution in [0.1, 0.15) is 53.5 Å². The molecule has 0 saturated heterocycles. The van der Waals surface area contributed by atoms with Crippen molar-refractivity contribution in [3.05, 3.63) is 52.9 Å². The van der Waals surface area contributed by atoms with Crippen LogP contribution in [0.5, 0.6) is 0 Å². The van der Waals surface area contributed by atoms with Crippen LogP contribution < -0.4 is 10.2 Å². The Labute approximate surface area is 161 Å². The molecule has 1 N–H and O–H groups in total. The number of halogens is 1. The topological polar surface area (TPSA) is 75.4 Å². The summed E-state index contributed by atoms with van der Waals surface area (Å²) in [5.41, 5.74) is 3.82. The smallest absolute Gasteiger partial charge is 0.256 e. The van der Waals surface area contributed by atoms with Gasteiger partial charge in [-0.05, 0) is 44.7 Å². The molecular formula is C20H21FN6O. The van der Waals surface area contributed by atoms with Crippen molar-refractivity contribution in [1.82, 2.24) is 24.9 Å². The molecule has 2 atom stereocenters. The van der Waals surface area contributed by atoms with Crippen molar-refractivity contribution >= 4 is 17.4 Å². The van der Waals surface area contributed by atoms with Crippen LogP contribution in [-0.2, 0) is 12.8 Å². The second-order valence-electron chi connectivity index (χ2n) is 7.64. The van der Waals surface area contributed by atoms with Crippen LogP contribution >= 0.6 is 0 Å². The summed E-state index contributed by atoms with van der Waals surface area (Å²) < 4.78 is 15.7. The number of nitrogens with zero attached hydrogens (tertiary/aromatic N) is 5. The van der Waals surface area contributed by atoms with Crippen molar-refractivity contribution in [3.63, 3.8) is 0 Å². The highest BCUT2D eigenvalue weighted by Crippen LogP contribution is 2.35. The first-order chi connectivity index (χ1) is 13.5. The number of pyridine rings is 1. The molecule has 0 fully saturated rings. The summed E-state index contributed by atoms with van der Waals surface area (Å²) in [5.74, 6) is 0.313. The lowest BCUT2D eigenvalue weighted by molar-refractivity contribution is 0.0940. The Balaban J connectivity index is 1.70. The number of aromatic nitrogens is 4. The molecule has 2 bridgehead atoms. The molecule has 2 aliphatic heterocycles. The summed E-state index contributed by atoms with van der Waals surface area (Å²) in [6.07, 6.45) is 6.98. The monoisotopic (exact) mass is 380 g/mol. The van der Waals surface area contributed by atoms with Gasteiger partial charge in [-0.2, -0.15) is 5.10 Å². The summed E-state index contributed by atoms with van der Waals surface area (Å²) in [4.78, 5) is 24.1. The Morgan fingerprint density at radius 1 is 1.25 bits per heavy atom. The van der Waals surface area contributed by atoms with Gasteiger partial charge in [-0.25, -0.2) is 13.9 Å². The number of amides is 1. The van der Waals surface area contributed by atoms with E-state index in [-0.39, 0.29) is 23.8 Å². The first kappa shape index (κ1) is 17.1. The molecule has 2 unspecified atom stereocenters. The number of hydrogen-bond acceptors (Lipinski definition) is 5. The van der Waals surface area contributed by atoms with E-state index in [1.807, 2.05) is 13.1 Å². The number of aryl methyl sites for hydroxylation is 1. The maximum Gasteiger partial charge on any atom is 0.256 e. The zero-order chi connectivity index (χ0) is 19.4. The highest BCUT2D eigenvalue weighted by molar-refractivity contribution is 6.00. The third-order valence-electron chi connectivity index (χ3n) is 5.76. The van der Waals surface area contributed by atoms with Crippen molar-refractivity contribution in [2.75, 3.05) is 11.4 Å². The van der Waals surface area contributed by atoms with Crippen LogP contribution in [0.4, 0.5) is 10.2 Å². The fourth-order valence-corrected chi connectivity index (χ4v) is 4.20. The molecule has 0 radical (unpaired) electrons. The maximum absolute atomic E-state index is 14.0. The quantitative estimate of drug-likeness (QED) is 0.648. The number of fused-ring (bicyclic) bond motifs is 1. The van der Waals surface area contributed by atoms with E-state index < -0.39 is 0 Å². The van der Waals surface area contributed by atoms with Gasteiger partial charge in [0.25, 0.3) is 5.91 Å². The first-order valence-electron chi connectivity index (χ1n) is 9.60. The predicted molar refractivity (Wildman–Crippen MR) is 102 cm³/mol. The average Bonchev–Trinajstić information content (AvgIpc) is 3.27. The number of rotatable bonds is 0. The van der Waals surface area contributed by atoms with Gasteiger partial charge < -0.3 is 10.2 Å². The molecule has 2 aliphatic rings. The average molecular weight is 380 g/mol. The number of carbonyl (C=O) groups is 1. The summed E-state index contributed by atoms with van der Waals surface area (Å²) >= 11 is 0. The van der Waals surface area contributed by atoms with E-state index in [0.29, 0.717) is 24.1 Å². The zero-order valence-corrected chi connectivity index (χ0v) is 15.8. The van der Waals surface area contributed by atoms with Crippen molar-refractivity contribution in [3.8, 4) is 0 Å². The second-order valence-corrected chi connectivity index (χ2v) is 7.64. The van der Waals surface area contributed by atoms with Crippen LogP contribution in [-0.4, -0.2) is 38.1 Å². The number of anilines is 1. The van der Waals surface area contributed by atoms with E-state index in [9.17, 15) is 9.18 Å². The van der Waals surface area contributed by atoms with Crippen LogP contribution in [0.2, 0.25) is 0 Å². The van der Waals surface area contributed by atoms with Gasteiger partial charge in [-0.1, -0.05) is 0 Å². The Morgan fingerprint density at radius 3 is 2.96 bits per heavy atom. The molecule has 5 heterocycles. The molecule has 0 aromatic carbocycles. The molecule has 5 rings (SSSR count). The molecule has 1 amide bonds. The van der Waals surface area contributed by atoms with Crippen molar-refractivity contribution in [2.45, 2.75) is 45.2 Å². The molecule has 7 nitrogen and oxygen atoms in total. The Hall–Kier alpha value is -3.03. The van der Waals surface area contributed by atoms with Gasteiger partial charge in [0.2, 0.25) is 0 Å². The van der Waals surface area contributed by atoms with Crippen molar-refractivity contribution < 1.29 is 9.18 Å². The Kier molecular flexibility index (Phi) is 3.82. The number of hydrogen-bond donors (Lipinski definition) is 1. The minimum Gasteiger partial charge on any atom is -0.349 e. The summed E-state index contributed by atoms with van der Waals surface area (Å²) in [7, 11) is 0. The predicted octanol–water partition coefficient (Wildman–Crippen LogP) is 2.45. The molecular weight excluding hydrogens is 359 g/mol. The van der Waals surface area contributed by atoms with E-state index in [4.69, 9.17) is 4.98 Å². The van der Waals surface area contributed by atoms with Crippen LogP contribution in [0.3, 0.4) is 0 Å². The van der Waals surface area contributed by atoms with Gasteiger partial charge in [0.1, 0.15) is 17.2 Å². The second kappa shape index (κ2) is 6.25. The molecule has 28 heavy (non-hydrogen) atoms. The lowest BCUT2D eigenvalue weighted by Crippen LogP contribution is -2.33. The minimum absolute atomic E-state index is 0.0547. The van der Waals surface area contributed by atoms with Gasteiger partial charge in [0.05, 0.1) is 18.4 Å². The van der Waals surface area contributed by atoms with E-state index in [0.717, 1.165) is 35.6 Å². The SMILES string of the molecule is CC1CCc2ncc(F)cc2C(C)N2CCc3cn4ncc(c4nc32)C(=O)N1. The lowest BCUT2D eigenvalue weighted by Gasteiger charge is -2.28. The zero-order valence-electron chi connectivity index (χ0n) is 15.8. The first-order valence-corrected chi connectivity index (χ1v) is 9.60. The third-order valence-corrected chi connectivity index (χ3v) is 5.76. The lowest BCUT2D eigenvalue weighted by atomic mass is 10.0. The molecule has 144 valence electrons. The Morgan fingerprint density at radius 2 is 2.11 bits per heavy atom. The van der Waals surface area contributed by atoms with Gasteiger partial charge in [0.15, 0.2) is 5.65 Å². The molecule has 3 aromatic heterocycles. The fraction of sp³-hybridized carbons (Fsp3) is 0.400.